The summed E-state index contributed by atoms with van der Waals surface area (Å²) >= 11 is 0. The molecule has 0 aliphatic carbocycles. The Balaban J connectivity index is 1.74. The number of piperidine rings is 1. The summed E-state index contributed by atoms with van der Waals surface area (Å²) in [6.45, 7) is 2.68. The summed E-state index contributed by atoms with van der Waals surface area (Å²) < 4.78 is 5.37. The van der Waals surface area contributed by atoms with Gasteiger partial charge in [-0.1, -0.05) is 0 Å². The first-order valence-electron chi connectivity index (χ1n) is 6.05. The monoisotopic (exact) mass is 252 g/mol. The molecule has 0 spiro atoms. The summed E-state index contributed by atoms with van der Waals surface area (Å²) in [4.78, 5) is 17.5. The lowest BCUT2D eigenvalue weighted by Gasteiger charge is -2.22. The Morgan fingerprint density at radius 1 is 1.50 bits per heavy atom. The second kappa shape index (κ2) is 6.25. The first-order chi connectivity index (χ1) is 8.75. The largest absolute Gasteiger partial charge is 0.463 e. The fourth-order valence-corrected chi connectivity index (χ4v) is 1.97. The van der Waals surface area contributed by atoms with Gasteiger partial charge in [0.15, 0.2) is 0 Å². The standard InChI is InChI=1S/C11H16N4O3/c16-15(17)10-7-13-11(14-8-10)18-5-3-9-2-1-4-12-6-9/h7-9,12H,1-6H2. The first-order valence-corrected chi connectivity index (χ1v) is 6.05. The molecule has 0 amide bonds. The van der Waals surface area contributed by atoms with Crippen molar-refractivity contribution < 1.29 is 9.66 Å². The molecule has 1 saturated heterocycles. The van der Waals surface area contributed by atoms with Crippen molar-refractivity contribution in [2.24, 2.45) is 5.92 Å². The zero-order valence-corrected chi connectivity index (χ0v) is 10.0. The number of rotatable bonds is 5. The van der Waals surface area contributed by atoms with Gasteiger partial charge in [-0.25, -0.2) is 0 Å². The fourth-order valence-electron chi connectivity index (χ4n) is 1.97. The molecule has 1 aliphatic rings. The van der Waals surface area contributed by atoms with E-state index in [9.17, 15) is 10.1 Å². The molecule has 1 aromatic heterocycles. The van der Waals surface area contributed by atoms with Crippen LogP contribution in [0.25, 0.3) is 0 Å². The molecule has 2 heterocycles. The maximum atomic E-state index is 10.4. The Kier molecular flexibility index (Phi) is 4.40. The summed E-state index contributed by atoms with van der Waals surface area (Å²) in [5.74, 6) is 0.636. The van der Waals surface area contributed by atoms with Crippen LogP contribution >= 0.6 is 0 Å². The zero-order chi connectivity index (χ0) is 12.8. The second-order valence-corrected chi connectivity index (χ2v) is 4.33. The van der Waals surface area contributed by atoms with Crippen molar-refractivity contribution in [3.8, 4) is 6.01 Å². The molecule has 0 aromatic carbocycles. The third-order valence-corrected chi connectivity index (χ3v) is 2.98. The molecule has 1 unspecified atom stereocenters. The van der Waals surface area contributed by atoms with Crippen LogP contribution in [0.4, 0.5) is 5.69 Å². The number of nitrogens with one attached hydrogen (secondary N) is 1. The van der Waals surface area contributed by atoms with E-state index < -0.39 is 4.92 Å². The van der Waals surface area contributed by atoms with E-state index >= 15 is 0 Å². The molecular formula is C11H16N4O3. The molecular weight excluding hydrogens is 236 g/mol. The summed E-state index contributed by atoms with van der Waals surface area (Å²) in [5, 5.41) is 13.8. The van der Waals surface area contributed by atoms with E-state index in [1.165, 1.54) is 12.8 Å². The van der Waals surface area contributed by atoms with Crippen molar-refractivity contribution in [2.45, 2.75) is 19.3 Å². The maximum Gasteiger partial charge on any atom is 0.316 e. The lowest BCUT2D eigenvalue weighted by Crippen LogP contribution is -2.30. The molecule has 1 fully saturated rings. The lowest BCUT2D eigenvalue weighted by molar-refractivity contribution is -0.385. The van der Waals surface area contributed by atoms with E-state index in [1.54, 1.807) is 0 Å². The topological polar surface area (TPSA) is 90.2 Å². The predicted molar refractivity (Wildman–Crippen MR) is 64.4 cm³/mol. The molecule has 1 aliphatic heterocycles. The average Bonchev–Trinajstić information content (AvgIpc) is 2.40. The number of ether oxygens (including phenoxy) is 1. The van der Waals surface area contributed by atoms with Crippen LogP contribution in [0.15, 0.2) is 12.4 Å². The summed E-state index contributed by atoms with van der Waals surface area (Å²) in [6.07, 6.45) is 5.69. The second-order valence-electron chi connectivity index (χ2n) is 4.33. The van der Waals surface area contributed by atoms with Crippen LogP contribution < -0.4 is 10.1 Å². The molecule has 18 heavy (non-hydrogen) atoms. The fraction of sp³-hybridized carbons (Fsp3) is 0.636. The molecule has 1 N–H and O–H groups in total. The van der Waals surface area contributed by atoms with Gasteiger partial charge in [-0.2, -0.15) is 9.97 Å². The highest BCUT2D eigenvalue weighted by molar-refractivity contribution is 5.21. The van der Waals surface area contributed by atoms with E-state index in [2.05, 4.69) is 15.3 Å². The third-order valence-electron chi connectivity index (χ3n) is 2.98. The van der Waals surface area contributed by atoms with Gasteiger partial charge in [-0.15, -0.1) is 0 Å². The van der Waals surface area contributed by atoms with Crippen LogP contribution in [0, 0.1) is 16.0 Å². The van der Waals surface area contributed by atoms with Gasteiger partial charge in [0, 0.05) is 0 Å². The Labute approximate surface area is 105 Å². The Bertz CT molecular complexity index is 390. The van der Waals surface area contributed by atoms with Crippen LogP contribution in [0.2, 0.25) is 0 Å². The number of hydrogen-bond donors (Lipinski definition) is 1. The van der Waals surface area contributed by atoms with Gasteiger partial charge in [0.05, 0.1) is 11.5 Å². The van der Waals surface area contributed by atoms with E-state index in [4.69, 9.17) is 4.74 Å². The Hall–Kier alpha value is -1.76. The van der Waals surface area contributed by atoms with Gasteiger partial charge in [0.25, 0.3) is 0 Å². The van der Waals surface area contributed by atoms with Gasteiger partial charge in [0.2, 0.25) is 0 Å². The van der Waals surface area contributed by atoms with E-state index in [0.717, 1.165) is 31.9 Å². The van der Waals surface area contributed by atoms with Gasteiger partial charge in [-0.05, 0) is 38.3 Å². The smallest absolute Gasteiger partial charge is 0.316 e. The number of nitro groups is 1. The van der Waals surface area contributed by atoms with Crippen molar-refractivity contribution in [2.75, 3.05) is 19.7 Å². The summed E-state index contributed by atoms with van der Waals surface area (Å²) in [5.41, 5.74) is -0.126. The van der Waals surface area contributed by atoms with E-state index in [-0.39, 0.29) is 11.7 Å². The molecule has 98 valence electrons. The Morgan fingerprint density at radius 2 is 2.28 bits per heavy atom. The number of nitrogens with zero attached hydrogens (tertiary/aromatic N) is 3. The number of aromatic nitrogens is 2. The normalized spacial score (nSPS) is 19.4. The molecule has 0 saturated carbocycles. The van der Waals surface area contributed by atoms with Crippen molar-refractivity contribution in [1.29, 1.82) is 0 Å². The van der Waals surface area contributed by atoms with Crippen LogP contribution in [-0.4, -0.2) is 34.6 Å². The van der Waals surface area contributed by atoms with Crippen LogP contribution in [-0.2, 0) is 0 Å². The van der Waals surface area contributed by atoms with Crippen LogP contribution in [0.1, 0.15) is 19.3 Å². The molecule has 7 nitrogen and oxygen atoms in total. The van der Waals surface area contributed by atoms with Gasteiger partial charge in [-0.3, -0.25) is 10.1 Å². The van der Waals surface area contributed by atoms with E-state index in [0.29, 0.717) is 12.5 Å². The average molecular weight is 252 g/mol. The minimum Gasteiger partial charge on any atom is -0.463 e. The summed E-state index contributed by atoms with van der Waals surface area (Å²) in [6, 6.07) is 0.198. The lowest BCUT2D eigenvalue weighted by atomic mass is 9.97. The van der Waals surface area contributed by atoms with Gasteiger partial charge in [0.1, 0.15) is 12.4 Å². The molecule has 0 radical (unpaired) electrons. The maximum absolute atomic E-state index is 10.4. The SMILES string of the molecule is O=[N+]([O-])c1cnc(OCCC2CCCNC2)nc1. The summed E-state index contributed by atoms with van der Waals surface area (Å²) in [7, 11) is 0. The predicted octanol–water partition coefficient (Wildman–Crippen LogP) is 1.15. The molecule has 2 rings (SSSR count). The van der Waals surface area contributed by atoms with Crippen molar-refractivity contribution >= 4 is 5.69 Å². The van der Waals surface area contributed by atoms with Crippen LogP contribution in [0.5, 0.6) is 6.01 Å². The van der Waals surface area contributed by atoms with Crippen molar-refractivity contribution in [1.82, 2.24) is 15.3 Å². The van der Waals surface area contributed by atoms with Gasteiger partial charge < -0.3 is 10.1 Å². The Morgan fingerprint density at radius 3 is 2.89 bits per heavy atom. The van der Waals surface area contributed by atoms with Crippen molar-refractivity contribution in [3.05, 3.63) is 22.5 Å². The highest BCUT2D eigenvalue weighted by Gasteiger charge is 2.13. The molecule has 1 atom stereocenters. The minimum absolute atomic E-state index is 0.126. The third kappa shape index (κ3) is 3.63. The van der Waals surface area contributed by atoms with Gasteiger partial charge >= 0.3 is 11.7 Å². The zero-order valence-electron chi connectivity index (χ0n) is 10.0. The minimum atomic E-state index is -0.530. The highest BCUT2D eigenvalue weighted by atomic mass is 16.6. The first kappa shape index (κ1) is 12.7. The molecule has 0 bridgehead atoms. The highest BCUT2D eigenvalue weighted by Crippen LogP contribution is 2.15. The quantitative estimate of drug-likeness (QED) is 0.624. The van der Waals surface area contributed by atoms with E-state index in [1.807, 2.05) is 0 Å². The molecule has 7 heteroatoms. The van der Waals surface area contributed by atoms with Crippen molar-refractivity contribution in [3.63, 3.8) is 0 Å². The molecule has 1 aromatic rings. The van der Waals surface area contributed by atoms with Crippen LogP contribution in [0.3, 0.4) is 0 Å². The number of hydrogen-bond acceptors (Lipinski definition) is 6.